The first-order chi connectivity index (χ1) is 9.54. The van der Waals surface area contributed by atoms with Crippen LogP contribution in [0, 0.1) is 5.92 Å². The Labute approximate surface area is 117 Å². The molecule has 2 rings (SSSR count). The average molecular weight is 280 g/mol. The molecule has 0 radical (unpaired) electrons. The van der Waals surface area contributed by atoms with Gasteiger partial charge in [-0.25, -0.2) is 14.6 Å². The van der Waals surface area contributed by atoms with Gasteiger partial charge in [-0.15, -0.1) is 0 Å². The van der Waals surface area contributed by atoms with Gasteiger partial charge < -0.3 is 20.7 Å². The number of urea groups is 1. The van der Waals surface area contributed by atoms with Gasteiger partial charge in [0.2, 0.25) is 0 Å². The Kier molecular flexibility index (Phi) is 4.60. The lowest BCUT2D eigenvalue weighted by Crippen LogP contribution is -2.49. The molecule has 0 aromatic carbocycles. The maximum atomic E-state index is 11.8. The van der Waals surface area contributed by atoms with Crippen LogP contribution in [-0.4, -0.2) is 39.2 Å². The standard InChI is InChI=1S/C13H20N4O3/c1-8-2-3-9(4-8)16-13(20)17-11(12(18)19)5-10-6-14-7-15-10/h6-9,11H,2-5H2,1H3,(H,14,15)(H,18,19)(H2,16,17,20)/t8?,9?,11-/m0/s1. The third-order valence-electron chi connectivity index (χ3n) is 3.61. The molecular formula is C13H20N4O3. The molecule has 2 amide bonds. The molecule has 0 aliphatic heterocycles. The average Bonchev–Trinajstić information content (AvgIpc) is 3.00. The highest BCUT2D eigenvalue weighted by atomic mass is 16.4. The van der Waals surface area contributed by atoms with Gasteiger partial charge in [0.15, 0.2) is 0 Å². The Bertz CT molecular complexity index is 460. The molecule has 3 atom stereocenters. The number of nitrogens with one attached hydrogen (secondary N) is 3. The number of H-pyrrole nitrogens is 1. The van der Waals surface area contributed by atoms with Crippen molar-refractivity contribution in [1.82, 2.24) is 20.6 Å². The van der Waals surface area contributed by atoms with E-state index >= 15 is 0 Å². The van der Waals surface area contributed by atoms with E-state index in [4.69, 9.17) is 5.11 Å². The minimum Gasteiger partial charge on any atom is -0.480 e. The number of aromatic nitrogens is 2. The predicted molar refractivity (Wildman–Crippen MR) is 72.2 cm³/mol. The molecule has 0 bridgehead atoms. The first-order valence-electron chi connectivity index (χ1n) is 6.81. The number of hydrogen-bond acceptors (Lipinski definition) is 3. The minimum atomic E-state index is -1.06. The first kappa shape index (κ1) is 14.4. The number of carbonyl (C=O) groups excluding carboxylic acids is 1. The SMILES string of the molecule is CC1CCC(NC(=O)N[C@@H](Cc2cnc[nH]2)C(=O)O)C1. The van der Waals surface area contributed by atoms with Crippen LogP contribution in [0.25, 0.3) is 0 Å². The molecule has 1 aliphatic rings. The van der Waals surface area contributed by atoms with E-state index < -0.39 is 18.0 Å². The van der Waals surface area contributed by atoms with Gasteiger partial charge in [0.05, 0.1) is 6.33 Å². The molecule has 7 heteroatoms. The second-order valence-corrected chi connectivity index (χ2v) is 5.40. The lowest BCUT2D eigenvalue weighted by Gasteiger charge is -2.17. The summed E-state index contributed by atoms with van der Waals surface area (Å²) in [5.41, 5.74) is 0.673. The number of rotatable bonds is 5. The summed E-state index contributed by atoms with van der Waals surface area (Å²) in [4.78, 5) is 29.7. The summed E-state index contributed by atoms with van der Waals surface area (Å²) < 4.78 is 0. The molecule has 20 heavy (non-hydrogen) atoms. The maximum absolute atomic E-state index is 11.8. The summed E-state index contributed by atoms with van der Waals surface area (Å²) in [7, 11) is 0. The molecule has 1 fully saturated rings. The van der Waals surface area contributed by atoms with Crippen molar-refractivity contribution in [3.63, 3.8) is 0 Å². The zero-order valence-corrected chi connectivity index (χ0v) is 11.4. The van der Waals surface area contributed by atoms with Crippen molar-refractivity contribution < 1.29 is 14.7 Å². The number of hydrogen-bond donors (Lipinski definition) is 4. The summed E-state index contributed by atoms with van der Waals surface area (Å²) in [5, 5.41) is 14.5. The van der Waals surface area contributed by atoms with E-state index in [9.17, 15) is 9.59 Å². The smallest absolute Gasteiger partial charge is 0.326 e. The molecule has 0 spiro atoms. The van der Waals surface area contributed by atoms with E-state index in [2.05, 4.69) is 27.5 Å². The number of carboxylic acid groups (broad SMARTS) is 1. The van der Waals surface area contributed by atoms with Crippen LogP contribution in [0.2, 0.25) is 0 Å². The van der Waals surface area contributed by atoms with Crippen molar-refractivity contribution in [3.8, 4) is 0 Å². The zero-order valence-electron chi connectivity index (χ0n) is 11.4. The van der Waals surface area contributed by atoms with Gasteiger partial charge in [-0.2, -0.15) is 0 Å². The number of imidazole rings is 1. The van der Waals surface area contributed by atoms with Crippen LogP contribution < -0.4 is 10.6 Å². The van der Waals surface area contributed by atoms with Gasteiger partial charge in [0.25, 0.3) is 0 Å². The number of aromatic amines is 1. The van der Waals surface area contributed by atoms with E-state index in [1.54, 1.807) is 6.20 Å². The molecule has 1 saturated carbocycles. The highest BCUT2D eigenvalue weighted by Gasteiger charge is 2.25. The first-order valence-corrected chi connectivity index (χ1v) is 6.81. The Hall–Kier alpha value is -2.05. The normalized spacial score (nSPS) is 23.2. The Morgan fingerprint density at radius 1 is 1.55 bits per heavy atom. The van der Waals surface area contributed by atoms with Crippen LogP contribution in [0.5, 0.6) is 0 Å². The topological polar surface area (TPSA) is 107 Å². The fourth-order valence-electron chi connectivity index (χ4n) is 2.54. The van der Waals surface area contributed by atoms with Gasteiger partial charge in [0.1, 0.15) is 6.04 Å². The van der Waals surface area contributed by atoms with E-state index in [-0.39, 0.29) is 12.5 Å². The van der Waals surface area contributed by atoms with Gasteiger partial charge in [-0.05, 0) is 25.2 Å². The van der Waals surface area contributed by atoms with E-state index in [0.717, 1.165) is 19.3 Å². The van der Waals surface area contributed by atoms with E-state index in [1.165, 1.54) is 6.33 Å². The van der Waals surface area contributed by atoms with Crippen molar-refractivity contribution in [2.24, 2.45) is 5.92 Å². The third-order valence-corrected chi connectivity index (χ3v) is 3.61. The predicted octanol–water partition coefficient (Wildman–Crippen LogP) is 0.893. The molecule has 1 heterocycles. The maximum Gasteiger partial charge on any atom is 0.326 e. The summed E-state index contributed by atoms with van der Waals surface area (Å²) in [6.07, 6.45) is 6.21. The fourth-order valence-corrected chi connectivity index (χ4v) is 2.54. The lowest BCUT2D eigenvalue weighted by atomic mass is 10.1. The van der Waals surface area contributed by atoms with Crippen molar-refractivity contribution in [2.45, 2.75) is 44.7 Å². The summed E-state index contributed by atoms with van der Waals surface area (Å²) in [5.74, 6) is -0.449. The Morgan fingerprint density at radius 2 is 2.35 bits per heavy atom. The van der Waals surface area contributed by atoms with Crippen LogP contribution >= 0.6 is 0 Å². The van der Waals surface area contributed by atoms with Gasteiger partial charge in [0, 0.05) is 24.4 Å². The lowest BCUT2D eigenvalue weighted by molar-refractivity contribution is -0.139. The fraction of sp³-hybridized carbons (Fsp3) is 0.615. The zero-order chi connectivity index (χ0) is 14.5. The molecule has 4 N–H and O–H groups in total. The highest BCUT2D eigenvalue weighted by Crippen LogP contribution is 2.24. The van der Waals surface area contributed by atoms with Gasteiger partial charge in [-0.3, -0.25) is 0 Å². The van der Waals surface area contributed by atoms with Crippen molar-refractivity contribution in [2.75, 3.05) is 0 Å². The van der Waals surface area contributed by atoms with Crippen LogP contribution in [0.15, 0.2) is 12.5 Å². The van der Waals surface area contributed by atoms with Crippen molar-refractivity contribution in [1.29, 1.82) is 0 Å². The molecule has 2 unspecified atom stereocenters. The number of aliphatic carboxylic acids is 1. The third kappa shape index (κ3) is 3.97. The molecule has 7 nitrogen and oxygen atoms in total. The summed E-state index contributed by atoms with van der Waals surface area (Å²) >= 11 is 0. The van der Waals surface area contributed by atoms with Gasteiger partial charge in [-0.1, -0.05) is 6.92 Å². The van der Waals surface area contributed by atoms with Gasteiger partial charge >= 0.3 is 12.0 Å². The molecule has 1 aromatic rings. The number of carboxylic acids is 1. The molecule has 0 saturated heterocycles. The molecule has 110 valence electrons. The van der Waals surface area contributed by atoms with Crippen molar-refractivity contribution in [3.05, 3.63) is 18.2 Å². The highest BCUT2D eigenvalue weighted by molar-refractivity contribution is 5.82. The van der Waals surface area contributed by atoms with Crippen molar-refractivity contribution >= 4 is 12.0 Å². The van der Waals surface area contributed by atoms with E-state index in [0.29, 0.717) is 11.6 Å². The number of amides is 2. The number of carbonyl (C=O) groups is 2. The number of nitrogens with zero attached hydrogens (tertiary/aromatic N) is 1. The second-order valence-electron chi connectivity index (χ2n) is 5.40. The summed E-state index contributed by atoms with van der Waals surface area (Å²) in [6, 6.07) is -1.24. The molecular weight excluding hydrogens is 260 g/mol. The monoisotopic (exact) mass is 280 g/mol. The van der Waals surface area contributed by atoms with Crippen LogP contribution in [-0.2, 0) is 11.2 Å². The molecule has 1 aliphatic carbocycles. The van der Waals surface area contributed by atoms with Crippen LogP contribution in [0.4, 0.5) is 4.79 Å². The summed E-state index contributed by atoms with van der Waals surface area (Å²) in [6.45, 7) is 2.15. The van der Waals surface area contributed by atoms with Crippen LogP contribution in [0.1, 0.15) is 31.9 Å². The Balaban J connectivity index is 1.84. The van der Waals surface area contributed by atoms with E-state index in [1.807, 2.05) is 0 Å². The largest absolute Gasteiger partial charge is 0.480 e. The van der Waals surface area contributed by atoms with Crippen LogP contribution in [0.3, 0.4) is 0 Å². The quantitative estimate of drug-likeness (QED) is 0.642. The second kappa shape index (κ2) is 6.40. The minimum absolute atomic E-state index is 0.145. The molecule has 1 aromatic heterocycles. The Morgan fingerprint density at radius 3 is 2.90 bits per heavy atom.